The third-order valence-corrected chi connectivity index (χ3v) is 5.54. The van der Waals surface area contributed by atoms with Crippen LogP contribution in [-0.2, 0) is 16.0 Å². The van der Waals surface area contributed by atoms with Gasteiger partial charge in [0.05, 0.1) is 16.2 Å². The van der Waals surface area contributed by atoms with Crippen LogP contribution in [0.4, 0.5) is 22.1 Å². The summed E-state index contributed by atoms with van der Waals surface area (Å²) in [6, 6.07) is 12.3. The summed E-state index contributed by atoms with van der Waals surface area (Å²) in [5.41, 5.74) is 0.365. The molecule has 0 spiro atoms. The molecule has 208 valence electrons. The van der Waals surface area contributed by atoms with Gasteiger partial charge in [-0.2, -0.15) is 4.98 Å². The van der Waals surface area contributed by atoms with E-state index in [2.05, 4.69) is 47.8 Å². The van der Waals surface area contributed by atoms with Crippen molar-refractivity contribution >= 4 is 51.2 Å². The fraction of sp³-hybridized carbons (Fsp3) is 0.250. The number of hydrogen-bond donors (Lipinski definition) is 4. The van der Waals surface area contributed by atoms with Crippen molar-refractivity contribution in [2.75, 3.05) is 17.2 Å². The lowest BCUT2D eigenvalue weighted by molar-refractivity contribution is -0.118. The summed E-state index contributed by atoms with van der Waals surface area (Å²) in [5.74, 6) is 0.836. The Morgan fingerprint density at radius 1 is 1.12 bits per heavy atom. The largest absolute Gasteiger partial charge is 0.478 e. The summed E-state index contributed by atoms with van der Waals surface area (Å²) in [4.78, 5) is 46.0. The van der Waals surface area contributed by atoms with E-state index >= 15 is 0 Å². The molecule has 0 unspecified atom stereocenters. The number of aromatic nitrogens is 2. The number of benzene rings is 2. The lowest BCUT2D eigenvalue weighted by Gasteiger charge is -2.23. The summed E-state index contributed by atoms with van der Waals surface area (Å²) in [5, 5.41) is 17.9. The fourth-order valence-electron chi connectivity index (χ4n) is 3.39. The topological polar surface area (TPSA) is 152 Å². The highest BCUT2D eigenvalue weighted by Gasteiger charge is 2.25. The molecule has 0 aliphatic carbocycles. The minimum atomic E-state index is -1.22. The van der Waals surface area contributed by atoms with E-state index in [0.717, 1.165) is 5.56 Å². The molecule has 1 heterocycles. The number of amides is 2. The number of halogens is 1. The first kappa shape index (κ1) is 29.9. The monoisotopic (exact) mass is 609 g/mol. The van der Waals surface area contributed by atoms with Crippen molar-refractivity contribution in [3.63, 3.8) is 0 Å². The van der Waals surface area contributed by atoms with Crippen molar-refractivity contribution in [2.45, 2.75) is 38.8 Å². The van der Waals surface area contributed by atoms with Crippen molar-refractivity contribution < 1.29 is 29.0 Å². The normalized spacial score (nSPS) is 11.5. The number of anilines is 3. The zero-order valence-corrected chi connectivity index (χ0v) is 23.6. The predicted molar refractivity (Wildman–Crippen MR) is 153 cm³/mol. The molecule has 2 amide bonds. The quantitative estimate of drug-likeness (QED) is 0.238. The minimum absolute atomic E-state index is 0.0127. The number of carbonyl (C=O) groups is 3. The van der Waals surface area contributed by atoms with Crippen LogP contribution >= 0.6 is 15.9 Å². The predicted octanol–water partition coefficient (Wildman–Crippen LogP) is 4.77. The van der Waals surface area contributed by atoms with Gasteiger partial charge in [-0.15, -0.1) is 6.42 Å². The SMILES string of the molecule is C#CCOc1nc(Nc2cc(NC(=O)[C@@H](Cc3ccccc3)NC(=O)OC(C)(C)C)cc(C(=O)O)c2)ncc1Br. The number of hydrogen-bond acceptors (Lipinski definition) is 8. The smallest absolute Gasteiger partial charge is 0.408 e. The molecule has 0 saturated carbocycles. The van der Waals surface area contributed by atoms with Crippen molar-refractivity contribution in [3.05, 3.63) is 70.3 Å². The van der Waals surface area contributed by atoms with Gasteiger partial charge in [-0.25, -0.2) is 14.6 Å². The van der Waals surface area contributed by atoms with Crippen molar-refractivity contribution in [1.82, 2.24) is 15.3 Å². The zero-order chi connectivity index (χ0) is 29.3. The first-order valence-electron chi connectivity index (χ1n) is 12.0. The molecule has 4 N–H and O–H groups in total. The molecule has 3 aromatic rings. The Morgan fingerprint density at radius 3 is 2.48 bits per heavy atom. The number of aromatic carboxylic acids is 1. The molecule has 12 heteroatoms. The molecule has 3 rings (SSSR count). The third kappa shape index (κ3) is 9.28. The fourth-order valence-corrected chi connectivity index (χ4v) is 3.69. The summed E-state index contributed by atoms with van der Waals surface area (Å²) in [6.45, 7) is 5.12. The minimum Gasteiger partial charge on any atom is -0.478 e. The number of ether oxygens (including phenoxy) is 2. The molecule has 1 aromatic heterocycles. The van der Waals surface area contributed by atoms with Crippen molar-refractivity contribution in [3.8, 4) is 18.2 Å². The highest BCUT2D eigenvalue weighted by atomic mass is 79.9. The van der Waals surface area contributed by atoms with Gasteiger partial charge in [0, 0.05) is 17.8 Å². The molecule has 0 fully saturated rings. The summed E-state index contributed by atoms with van der Waals surface area (Å²) >= 11 is 3.28. The van der Waals surface area contributed by atoms with Crippen molar-refractivity contribution in [1.29, 1.82) is 0 Å². The van der Waals surface area contributed by atoms with E-state index in [1.165, 1.54) is 24.4 Å². The number of carboxylic acid groups (broad SMARTS) is 1. The van der Waals surface area contributed by atoms with E-state index in [1.54, 1.807) is 20.8 Å². The van der Waals surface area contributed by atoms with Gasteiger partial charge < -0.3 is 30.5 Å². The lowest BCUT2D eigenvalue weighted by Crippen LogP contribution is -2.47. The van der Waals surface area contributed by atoms with Crippen molar-refractivity contribution in [2.24, 2.45) is 0 Å². The van der Waals surface area contributed by atoms with Crippen LogP contribution in [0.5, 0.6) is 5.88 Å². The van der Waals surface area contributed by atoms with Crippen LogP contribution in [0.3, 0.4) is 0 Å². The number of nitrogens with one attached hydrogen (secondary N) is 3. The molecule has 0 saturated heterocycles. The van der Waals surface area contributed by atoms with E-state index in [9.17, 15) is 19.5 Å². The summed E-state index contributed by atoms with van der Waals surface area (Å²) in [6.07, 6.45) is 6.09. The highest BCUT2D eigenvalue weighted by Crippen LogP contribution is 2.26. The number of terminal acetylenes is 1. The lowest BCUT2D eigenvalue weighted by atomic mass is 10.0. The van der Waals surface area contributed by atoms with Gasteiger partial charge in [-0.05, 0) is 60.5 Å². The van der Waals surface area contributed by atoms with Crippen LogP contribution in [0.2, 0.25) is 0 Å². The molecule has 1 atom stereocenters. The Morgan fingerprint density at radius 2 is 1.82 bits per heavy atom. The number of carbonyl (C=O) groups excluding carboxylic acids is 2. The van der Waals surface area contributed by atoms with E-state index in [1.807, 2.05) is 30.3 Å². The van der Waals surface area contributed by atoms with Crippen LogP contribution in [0.25, 0.3) is 0 Å². The Labute approximate surface area is 239 Å². The molecule has 2 aromatic carbocycles. The molecule has 0 aliphatic heterocycles. The molecule has 0 radical (unpaired) electrons. The maximum atomic E-state index is 13.3. The van der Waals surface area contributed by atoms with Gasteiger partial charge in [0.1, 0.15) is 11.6 Å². The molecular formula is C28H28BrN5O6. The third-order valence-electron chi connectivity index (χ3n) is 5.00. The molecule has 0 bridgehead atoms. The second kappa shape index (κ2) is 13.4. The number of rotatable bonds is 10. The highest BCUT2D eigenvalue weighted by molar-refractivity contribution is 9.10. The van der Waals surface area contributed by atoms with Gasteiger partial charge in [0.2, 0.25) is 17.7 Å². The van der Waals surface area contributed by atoms with Gasteiger partial charge in [-0.3, -0.25) is 4.79 Å². The Hall–Kier alpha value is -4.63. The maximum Gasteiger partial charge on any atom is 0.408 e. The zero-order valence-electron chi connectivity index (χ0n) is 22.0. The second-order valence-corrected chi connectivity index (χ2v) is 10.3. The van der Waals surface area contributed by atoms with E-state index in [-0.39, 0.29) is 41.8 Å². The van der Waals surface area contributed by atoms with E-state index < -0.39 is 29.6 Å². The summed E-state index contributed by atoms with van der Waals surface area (Å²) in [7, 11) is 0. The number of carboxylic acids is 1. The van der Waals surface area contributed by atoms with Gasteiger partial charge in [-0.1, -0.05) is 36.3 Å². The van der Waals surface area contributed by atoms with Crippen LogP contribution in [0.1, 0.15) is 36.7 Å². The van der Waals surface area contributed by atoms with Crippen LogP contribution in [-0.4, -0.2) is 51.3 Å². The Balaban J connectivity index is 1.86. The molecule has 0 aliphatic rings. The van der Waals surface area contributed by atoms with Crippen LogP contribution < -0.4 is 20.7 Å². The number of alkyl carbamates (subject to hydrolysis) is 1. The van der Waals surface area contributed by atoms with E-state index in [0.29, 0.717) is 4.47 Å². The number of nitrogens with zero attached hydrogens (tertiary/aromatic N) is 2. The maximum absolute atomic E-state index is 13.3. The average molecular weight is 610 g/mol. The summed E-state index contributed by atoms with van der Waals surface area (Å²) < 4.78 is 11.2. The second-order valence-electron chi connectivity index (χ2n) is 9.45. The molecule has 11 nitrogen and oxygen atoms in total. The van der Waals surface area contributed by atoms with Gasteiger partial charge in [0.15, 0.2) is 6.61 Å². The van der Waals surface area contributed by atoms with Gasteiger partial charge in [0.25, 0.3) is 0 Å². The van der Waals surface area contributed by atoms with E-state index in [4.69, 9.17) is 15.9 Å². The Kier molecular flexibility index (Phi) is 10.1. The molecule has 40 heavy (non-hydrogen) atoms. The standard InChI is InChI=1S/C28H28BrN5O6/c1-5-11-39-24-21(29)16-30-26(34-24)32-20-14-18(25(36)37)13-19(15-20)31-23(35)22(12-17-9-7-6-8-10-17)33-27(38)40-28(2,3)4/h1,6-10,13-16,22H,11-12H2,2-4H3,(H,31,35)(H,33,38)(H,36,37)(H,30,32,34)/t22-/m1/s1. The molecular weight excluding hydrogens is 582 g/mol. The Bertz CT molecular complexity index is 1420. The first-order chi connectivity index (χ1) is 18.9. The first-order valence-corrected chi connectivity index (χ1v) is 12.8. The average Bonchev–Trinajstić information content (AvgIpc) is 2.88. The van der Waals surface area contributed by atoms with Gasteiger partial charge >= 0.3 is 12.1 Å². The van der Waals surface area contributed by atoms with Crippen LogP contribution in [0, 0.1) is 12.3 Å². The van der Waals surface area contributed by atoms with Crippen LogP contribution in [0.15, 0.2) is 59.2 Å².